The molecule has 0 saturated heterocycles. The molecule has 1 amide bonds. The van der Waals surface area contributed by atoms with Gasteiger partial charge in [-0.25, -0.2) is 9.97 Å². The summed E-state index contributed by atoms with van der Waals surface area (Å²) in [7, 11) is 3.18. The van der Waals surface area contributed by atoms with Gasteiger partial charge in [0.05, 0.1) is 42.7 Å². The molecule has 0 fully saturated rings. The lowest BCUT2D eigenvalue weighted by Crippen LogP contribution is -2.26. The molecule has 3 rings (SSSR count). The van der Waals surface area contributed by atoms with E-state index < -0.39 is 0 Å². The highest BCUT2D eigenvalue weighted by molar-refractivity contribution is 5.97. The van der Waals surface area contributed by atoms with Crippen molar-refractivity contribution in [2.45, 2.75) is 26.8 Å². The number of carbonyl (C=O) groups excluding carboxylic acids is 1. The fraction of sp³-hybridized carbons (Fsp3) is 0.286. The van der Waals surface area contributed by atoms with Crippen molar-refractivity contribution < 1.29 is 14.3 Å². The maximum absolute atomic E-state index is 12.7. The van der Waals surface area contributed by atoms with Crippen LogP contribution in [0.3, 0.4) is 0 Å². The Bertz CT molecular complexity index is 1000. The number of methoxy groups -OCH3 is 2. The van der Waals surface area contributed by atoms with Crippen LogP contribution in [0.1, 0.15) is 40.3 Å². The number of nitrogens with zero attached hydrogens (tertiary/aromatic N) is 2. The minimum Gasteiger partial charge on any atom is -0.493 e. The smallest absolute Gasteiger partial charge is 0.251 e. The van der Waals surface area contributed by atoms with Gasteiger partial charge < -0.3 is 14.8 Å². The van der Waals surface area contributed by atoms with Crippen LogP contribution in [-0.4, -0.2) is 30.1 Å². The minimum absolute atomic E-state index is 0.167. The molecule has 0 aliphatic carbocycles. The van der Waals surface area contributed by atoms with Crippen LogP contribution < -0.4 is 14.8 Å². The predicted octanol–water partition coefficient (Wildman–Crippen LogP) is 3.75. The molecule has 140 valence electrons. The highest BCUT2D eigenvalue weighted by Crippen LogP contribution is 2.30. The van der Waals surface area contributed by atoms with Gasteiger partial charge in [-0.15, -0.1) is 0 Å². The third-order valence-electron chi connectivity index (χ3n) is 4.59. The fourth-order valence-electron chi connectivity index (χ4n) is 2.86. The number of fused-ring (bicyclic) bond motifs is 1. The molecule has 0 aliphatic rings. The number of aromatic nitrogens is 2. The molecule has 0 radical (unpaired) electrons. The largest absolute Gasteiger partial charge is 0.493 e. The fourth-order valence-corrected chi connectivity index (χ4v) is 2.86. The third-order valence-corrected chi connectivity index (χ3v) is 4.59. The Labute approximate surface area is 158 Å². The summed E-state index contributed by atoms with van der Waals surface area (Å²) in [6, 6.07) is 10.8. The van der Waals surface area contributed by atoms with Crippen molar-refractivity contribution in [3.05, 3.63) is 58.9 Å². The Kier molecular flexibility index (Phi) is 5.26. The number of carbonyl (C=O) groups is 1. The van der Waals surface area contributed by atoms with Gasteiger partial charge in [-0.2, -0.15) is 0 Å². The van der Waals surface area contributed by atoms with E-state index >= 15 is 0 Å². The molecule has 27 heavy (non-hydrogen) atoms. The Morgan fingerprint density at radius 2 is 1.59 bits per heavy atom. The van der Waals surface area contributed by atoms with Gasteiger partial charge in [0, 0.05) is 5.56 Å². The normalized spacial score (nSPS) is 11.9. The van der Waals surface area contributed by atoms with E-state index in [1.165, 1.54) is 0 Å². The summed E-state index contributed by atoms with van der Waals surface area (Å²) < 4.78 is 10.6. The molecule has 6 nitrogen and oxygen atoms in total. The molecule has 1 unspecified atom stereocenters. The predicted molar refractivity (Wildman–Crippen MR) is 104 cm³/mol. The number of aryl methyl sites for hydroxylation is 2. The van der Waals surface area contributed by atoms with Crippen molar-refractivity contribution in [2.24, 2.45) is 0 Å². The molecular formula is C21H23N3O3. The van der Waals surface area contributed by atoms with Crippen molar-refractivity contribution in [1.82, 2.24) is 15.3 Å². The van der Waals surface area contributed by atoms with E-state index in [9.17, 15) is 4.79 Å². The van der Waals surface area contributed by atoms with Crippen LogP contribution in [-0.2, 0) is 0 Å². The van der Waals surface area contributed by atoms with Crippen LogP contribution >= 0.6 is 0 Å². The van der Waals surface area contributed by atoms with Crippen molar-refractivity contribution >= 4 is 16.9 Å². The van der Waals surface area contributed by atoms with E-state index in [2.05, 4.69) is 15.3 Å². The van der Waals surface area contributed by atoms with Crippen LogP contribution in [0.4, 0.5) is 0 Å². The van der Waals surface area contributed by atoms with Crippen LogP contribution in [0.15, 0.2) is 36.4 Å². The van der Waals surface area contributed by atoms with Crippen LogP contribution in [0.25, 0.3) is 11.0 Å². The minimum atomic E-state index is -0.196. The standard InChI is InChI=1S/C21H23N3O3/c1-12-13(2)23-18-10-16(6-8-17(18)22-12)21(25)24-14(3)15-7-9-19(26-4)20(11-15)27-5/h6-11,14H,1-5H3,(H,24,25). The zero-order valence-electron chi connectivity index (χ0n) is 16.2. The average Bonchev–Trinajstić information content (AvgIpc) is 2.67. The first-order chi connectivity index (χ1) is 12.9. The summed E-state index contributed by atoms with van der Waals surface area (Å²) in [5.41, 5.74) is 4.72. The second kappa shape index (κ2) is 7.61. The van der Waals surface area contributed by atoms with E-state index in [0.717, 1.165) is 22.5 Å². The van der Waals surface area contributed by atoms with Gasteiger partial charge >= 0.3 is 0 Å². The Morgan fingerprint density at radius 3 is 2.26 bits per heavy atom. The van der Waals surface area contributed by atoms with Crippen molar-refractivity contribution in [3.63, 3.8) is 0 Å². The molecule has 1 heterocycles. The molecule has 0 aliphatic heterocycles. The van der Waals surface area contributed by atoms with E-state index in [1.807, 2.05) is 45.0 Å². The zero-order valence-corrected chi connectivity index (χ0v) is 16.2. The Balaban J connectivity index is 1.82. The van der Waals surface area contributed by atoms with E-state index in [-0.39, 0.29) is 11.9 Å². The lowest BCUT2D eigenvalue weighted by Gasteiger charge is -2.17. The zero-order chi connectivity index (χ0) is 19.6. The first-order valence-electron chi connectivity index (χ1n) is 8.70. The van der Waals surface area contributed by atoms with Gasteiger partial charge in [0.25, 0.3) is 5.91 Å². The summed E-state index contributed by atoms with van der Waals surface area (Å²) in [6.45, 7) is 5.76. The van der Waals surface area contributed by atoms with Crippen molar-refractivity contribution in [3.8, 4) is 11.5 Å². The Hall–Kier alpha value is -3.15. The van der Waals surface area contributed by atoms with Gasteiger partial charge in [-0.3, -0.25) is 4.79 Å². The lowest BCUT2D eigenvalue weighted by molar-refractivity contribution is 0.0940. The molecule has 1 atom stereocenters. The van der Waals surface area contributed by atoms with Gasteiger partial charge in [-0.1, -0.05) is 6.07 Å². The molecule has 1 aromatic heterocycles. The van der Waals surface area contributed by atoms with E-state index in [0.29, 0.717) is 22.6 Å². The number of hydrogen-bond acceptors (Lipinski definition) is 5. The second-order valence-electron chi connectivity index (χ2n) is 6.41. The van der Waals surface area contributed by atoms with Crippen LogP contribution in [0.2, 0.25) is 0 Å². The van der Waals surface area contributed by atoms with E-state index in [1.54, 1.807) is 26.4 Å². The summed E-state index contributed by atoms with van der Waals surface area (Å²) >= 11 is 0. The summed E-state index contributed by atoms with van der Waals surface area (Å²) in [5.74, 6) is 1.11. The molecule has 6 heteroatoms. The molecule has 1 N–H and O–H groups in total. The average molecular weight is 365 g/mol. The summed E-state index contributed by atoms with van der Waals surface area (Å²) in [4.78, 5) is 21.7. The monoisotopic (exact) mass is 365 g/mol. The van der Waals surface area contributed by atoms with Crippen LogP contribution in [0.5, 0.6) is 11.5 Å². The summed E-state index contributed by atoms with van der Waals surface area (Å²) in [5, 5.41) is 3.01. The SMILES string of the molecule is COc1ccc(C(C)NC(=O)c2ccc3nc(C)c(C)nc3c2)cc1OC. The van der Waals surface area contributed by atoms with Crippen molar-refractivity contribution in [2.75, 3.05) is 14.2 Å². The van der Waals surface area contributed by atoms with Crippen LogP contribution in [0, 0.1) is 13.8 Å². The molecule has 3 aromatic rings. The first kappa shape index (κ1) is 18.6. The maximum atomic E-state index is 12.7. The quantitative estimate of drug-likeness (QED) is 0.745. The molecule has 2 aromatic carbocycles. The number of amides is 1. The topological polar surface area (TPSA) is 73.3 Å². The molecule has 0 saturated carbocycles. The van der Waals surface area contributed by atoms with Gasteiger partial charge in [0.15, 0.2) is 11.5 Å². The summed E-state index contributed by atoms with van der Waals surface area (Å²) in [6.07, 6.45) is 0. The number of nitrogens with one attached hydrogen (secondary N) is 1. The van der Waals surface area contributed by atoms with Gasteiger partial charge in [0.1, 0.15) is 0 Å². The number of rotatable bonds is 5. The van der Waals surface area contributed by atoms with Gasteiger partial charge in [-0.05, 0) is 56.7 Å². The van der Waals surface area contributed by atoms with Crippen molar-refractivity contribution in [1.29, 1.82) is 0 Å². The number of hydrogen-bond donors (Lipinski definition) is 1. The second-order valence-corrected chi connectivity index (χ2v) is 6.41. The number of ether oxygens (including phenoxy) is 2. The highest BCUT2D eigenvalue weighted by atomic mass is 16.5. The molecular weight excluding hydrogens is 342 g/mol. The maximum Gasteiger partial charge on any atom is 0.251 e. The lowest BCUT2D eigenvalue weighted by atomic mass is 10.1. The Morgan fingerprint density at radius 1 is 0.926 bits per heavy atom. The van der Waals surface area contributed by atoms with Gasteiger partial charge in [0.2, 0.25) is 0 Å². The first-order valence-corrected chi connectivity index (χ1v) is 8.70. The molecule has 0 spiro atoms. The number of benzene rings is 2. The third kappa shape index (κ3) is 3.84. The highest BCUT2D eigenvalue weighted by Gasteiger charge is 2.15. The molecule has 0 bridgehead atoms. The van der Waals surface area contributed by atoms with E-state index in [4.69, 9.17) is 9.47 Å².